The number of benzene rings is 1. The molecule has 0 saturated heterocycles. The lowest BCUT2D eigenvalue weighted by molar-refractivity contribution is -0.153. The molecule has 0 saturated carbocycles. The summed E-state index contributed by atoms with van der Waals surface area (Å²) in [6, 6.07) is 1.39. The zero-order chi connectivity index (χ0) is 12.3. The van der Waals surface area contributed by atoms with Gasteiger partial charge in [-0.25, -0.2) is 13.6 Å². The lowest BCUT2D eigenvalue weighted by Crippen LogP contribution is -2.17. The number of aliphatic hydroxyl groups is 1. The summed E-state index contributed by atoms with van der Waals surface area (Å²) in [5.74, 6) is -4.46. The van der Waals surface area contributed by atoms with Crippen molar-refractivity contribution >= 4 is 5.97 Å². The van der Waals surface area contributed by atoms with E-state index in [9.17, 15) is 23.8 Å². The number of rotatable bonds is 3. The second kappa shape index (κ2) is 4.89. The van der Waals surface area contributed by atoms with Gasteiger partial charge in [0.05, 0.1) is 12.2 Å². The number of halogens is 2. The number of phenolic OH excluding ortho intramolecular Hbond substituents is 1. The SMILES string of the molecule is CCOC(=O)C(O)c1c(F)ccc(F)c1O. The highest BCUT2D eigenvalue weighted by Crippen LogP contribution is 2.30. The minimum absolute atomic E-state index is 0.0202. The maximum Gasteiger partial charge on any atom is 0.339 e. The van der Waals surface area contributed by atoms with Crippen LogP contribution in [0.1, 0.15) is 18.6 Å². The Balaban J connectivity index is 3.12. The summed E-state index contributed by atoms with van der Waals surface area (Å²) in [4.78, 5) is 11.1. The molecule has 1 atom stereocenters. The summed E-state index contributed by atoms with van der Waals surface area (Å²) in [5.41, 5.74) is -0.821. The Hall–Kier alpha value is -1.69. The van der Waals surface area contributed by atoms with Crippen molar-refractivity contribution < 1.29 is 28.5 Å². The lowest BCUT2D eigenvalue weighted by atomic mass is 10.1. The molecule has 0 radical (unpaired) electrons. The van der Waals surface area contributed by atoms with Gasteiger partial charge in [0.1, 0.15) is 5.82 Å². The molecule has 1 rings (SSSR count). The lowest BCUT2D eigenvalue weighted by Gasteiger charge is -2.12. The number of carbonyl (C=O) groups excluding carboxylic acids is 1. The van der Waals surface area contributed by atoms with Crippen LogP contribution in [0.2, 0.25) is 0 Å². The highest BCUT2D eigenvalue weighted by molar-refractivity contribution is 5.77. The van der Waals surface area contributed by atoms with Crippen molar-refractivity contribution in [2.45, 2.75) is 13.0 Å². The van der Waals surface area contributed by atoms with Crippen LogP contribution in [0, 0.1) is 11.6 Å². The molecule has 0 aliphatic heterocycles. The third-order valence-electron chi connectivity index (χ3n) is 1.90. The number of hydrogen-bond acceptors (Lipinski definition) is 4. The first kappa shape index (κ1) is 12.4. The van der Waals surface area contributed by atoms with E-state index in [0.29, 0.717) is 12.1 Å². The van der Waals surface area contributed by atoms with Crippen molar-refractivity contribution in [1.29, 1.82) is 0 Å². The number of aromatic hydroxyl groups is 1. The zero-order valence-electron chi connectivity index (χ0n) is 8.41. The molecule has 2 N–H and O–H groups in total. The Morgan fingerprint density at radius 3 is 2.56 bits per heavy atom. The second-order valence-electron chi connectivity index (χ2n) is 2.95. The molecule has 6 heteroatoms. The molecule has 1 aromatic carbocycles. The molecule has 0 aliphatic rings. The molecular weight excluding hydrogens is 222 g/mol. The first-order chi connectivity index (χ1) is 7.49. The number of aliphatic hydroxyl groups excluding tert-OH is 1. The van der Waals surface area contributed by atoms with Crippen molar-refractivity contribution in [1.82, 2.24) is 0 Å². The molecule has 0 bridgehead atoms. The normalized spacial score (nSPS) is 12.2. The van der Waals surface area contributed by atoms with Gasteiger partial charge in [-0.2, -0.15) is 0 Å². The predicted molar refractivity (Wildman–Crippen MR) is 49.6 cm³/mol. The smallest absolute Gasteiger partial charge is 0.339 e. The summed E-state index contributed by atoms with van der Waals surface area (Å²) in [6.07, 6.45) is -2.05. The predicted octanol–water partition coefficient (Wildman–Crippen LogP) is 1.27. The highest BCUT2D eigenvalue weighted by Gasteiger charge is 2.27. The summed E-state index contributed by atoms with van der Waals surface area (Å²) in [5, 5.41) is 18.5. The maximum atomic E-state index is 13.2. The van der Waals surface area contributed by atoms with E-state index >= 15 is 0 Å². The molecule has 0 amide bonds. The molecule has 1 aromatic rings. The number of carbonyl (C=O) groups is 1. The van der Waals surface area contributed by atoms with Crippen LogP contribution >= 0.6 is 0 Å². The maximum absolute atomic E-state index is 13.2. The van der Waals surface area contributed by atoms with E-state index < -0.39 is 35.0 Å². The Morgan fingerprint density at radius 2 is 2.00 bits per heavy atom. The quantitative estimate of drug-likeness (QED) is 0.770. The van der Waals surface area contributed by atoms with Gasteiger partial charge in [-0.1, -0.05) is 0 Å². The van der Waals surface area contributed by atoms with Gasteiger partial charge >= 0.3 is 5.97 Å². The highest BCUT2D eigenvalue weighted by atomic mass is 19.1. The minimum atomic E-state index is -2.05. The average Bonchev–Trinajstić information content (AvgIpc) is 2.24. The van der Waals surface area contributed by atoms with Crippen molar-refractivity contribution in [3.63, 3.8) is 0 Å². The first-order valence-corrected chi connectivity index (χ1v) is 4.50. The van der Waals surface area contributed by atoms with Crippen molar-refractivity contribution in [2.24, 2.45) is 0 Å². The van der Waals surface area contributed by atoms with Gasteiger partial charge in [0.15, 0.2) is 17.7 Å². The molecular formula is C10H10F2O4. The van der Waals surface area contributed by atoms with Gasteiger partial charge in [-0.05, 0) is 19.1 Å². The molecule has 0 aliphatic carbocycles. The molecule has 1 unspecified atom stereocenters. The van der Waals surface area contributed by atoms with Gasteiger partial charge in [0, 0.05) is 0 Å². The number of ether oxygens (including phenoxy) is 1. The van der Waals surface area contributed by atoms with E-state index in [4.69, 9.17) is 0 Å². The van der Waals surface area contributed by atoms with E-state index in [2.05, 4.69) is 4.74 Å². The molecule has 4 nitrogen and oxygen atoms in total. The number of hydrogen-bond donors (Lipinski definition) is 2. The van der Waals surface area contributed by atoms with Crippen molar-refractivity contribution in [3.8, 4) is 5.75 Å². The molecule has 16 heavy (non-hydrogen) atoms. The third-order valence-corrected chi connectivity index (χ3v) is 1.90. The van der Waals surface area contributed by atoms with Crippen LogP contribution in [-0.4, -0.2) is 22.8 Å². The summed E-state index contributed by atoms with van der Waals surface area (Å²) in [7, 11) is 0. The fraction of sp³-hybridized carbons (Fsp3) is 0.300. The zero-order valence-corrected chi connectivity index (χ0v) is 8.41. The molecule has 0 aromatic heterocycles. The fourth-order valence-electron chi connectivity index (χ4n) is 1.16. The number of esters is 1. The van der Waals surface area contributed by atoms with Crippen LogP contribution < -0.4 is 0 Å². The van der Waals surface area contributed by atoms with E-state index in [0.717, 1.165) is 0 Å². The van der Waals surface area contributed by atoms with Crippen molar-refractivity contribution in [2.75, 3.05) is 6.61 Å². The van der Waals surface area contributed by atoms with Gasteiger partial charge in [-0.15, -0.1) is 0 Å². The van der Waals surface area contributed by atoms with E-state index in [1.54, 1.807) is 0 Å². The largest absolute Gasteiger partial charge is 0.504 e. The van der Waals surface area contributed by atoms with Crippen LogP contribution in [0.5, 0.6) is 5.75 Å². The number of phenols is 1. The summed E-state index contributed by atoms with van der Waals surface area (Å²) in [6.45, 7) is 1.47. The minimum Gasteiger partial charge on any atom is -0.504 e. The van der Waals surface area contributed by atoms with Gasteiger partial charge < -0.3 is 14.9 Å². The van der Waals surface area contributed by atoms with Crippen LogP contribution in [0.3, 0.4) is 0 Å². The summed E-state index contributed by atoms with van der Waals surface area (Å²) >= 11 is 0. The first-order valence-electron chi connectivity index (χ1n) is 4.50. The van der Waals surface area contributed by atoms with Gasteiger partial charge in [0.25, 0.3) is 0 Å². The Labute approximate surface area is 90.1 Å². The van der Waals surface area contributed by atoms with Gasteiger partial charge in [-0.3, -0.25) is 0 Å². The van der Waals surface area contributed by atoms with Gasteiger partial charge in [0.2, 0.25) is 0 Å². The average molecular weight is 232 g/mol. The van der Waals surface area contributed by atoms with Crippen LogP contribution in [0.25, 0.3) is 0 Å². The van der Waals surface area contributed by atoms with Crippen LogP contribution in [-0.2, 0) is 9.53 Å². The van der Waals surface area contributed by atoms with E-state index in [1.807, 2.05) is 0 Å². The van der Waals surface area contributed by atoms with E-state index in [1.165, 1.54) is 6.92 Å². The molecule has 0 fully saturated rings. The monoisotopic (exact) mass is 232 g/mol. The molecule has 0 spiro atoms. The van der Waals surface area contributed by atoms with E-state index in [-0.39, 0.29) is 6.61 Å². The Morgan fingerprint density at radius 1 is 1.44 bits per heavy atom. The second-order valence-corrected chi connectivity index (χ2v) is 2.95. The standard InChI is InChI=1S/C10H10F2O4/c1-2-16-10(15)9(14)7-5(11)3-4-6(12)8(7)13/h3-4,9,13-14H,2H2,1H3. The Kier molecular flexibility index (Phi) is 3.78. The fourth-order valence-corrected chi connectivity index (χ4v) is 1.16. The van der Waals surface area contributed by atoms with Crippen molar-refractivity contribution in [3.05, 3.63) is 29.3 Å². The third kappa shape index (κ3) is 2.27. The van der Waals surface area contributed by atoms with Crippen LogP contribution in [0.15, 0.2) is 12.1 Å². The molecule has 88 valence electrons. The van der Waals surface area contributed by atoms with Crippen LogP contribution in [0.4, 0.5) is 8.78 Å². The Bertz CT molecular complexity index is 406. The topological polar surface area (TPSA) is 66.8 Å². The molecule has 0 heterocycles. The summed E-state index contributed by atoms with van der Waals surface area (Å²) < 4.78 is 30.5.